The highest BCUT2D eigenvalue weighted by Crippen LogP contribution is 2.18. The van der Waals surface area contributed by atoms with E-state index in [1.54, 1.807) is 18.2 Å². The van der Waals surface area contributed by atoms with Crippen LogP contribution in [0.15, 0.2) is 28.9 Å². The van der Waals surface area contributed by atoms with Gasteiger partial charge in [0.25, 0.3) is 0 Å². The van der Waals surface area contributed by atoms with E-state index in [9.17, 15) is 10.1 Å². The van der Waals surface area contributed by atoms with E-state index in [2.05, 4.69) is 9.97 Å². The number of furan rings is 1. The summed E-state index contributed by atoms with van der Waals surface area (Å²) >= 11 is 0. The van der Waals surface area contributed by atoms with Gasteiger partial charge in [-0.3, -0.25) is 10.1 Å². The minimum atomic E-state index is -0.588. The van der Waals surface area contributed by atoms with E-state index in [0.717, 1.165) is 0 Å². The van der Waals surface area contributed by atoms with Crippen LogP contribution < -0.4 is 4.74 Å². The molecule has 0 N–H and O–H groups in total. The first-order valence-electron chi connectivity index (χ1n) is 5.56. The molecular formula is C12H11N3O4. The molecule has 0 radical (unpaired) electrons. The maximum absolute atomic E-state index is 10.5. The lowest BCUT2D eigenvalue weighted by Gasteiger charge is -2.00. The summed E-state index contributed by atoms with van der Waals surface area (Å²) in [6.45, 7) is 2.38. The van der Waals surface area contributed by atoms with Crippen LogP contribution in [0.25, 0.3) is 12.2 Å². The summed E-state index contributed by atoms with van der Waals surface area (Å²) in [5.74, 6) is 0.559. The number of rotatable bonds is 5. The Bertz CT molecular complexity index is 607. The largest absolute Gasteiger partial charge is 0.478 e. The number of hydrogen-bond donors (Lipinski definition) is 0. The number of hydrogen-bond acceptors (Lipinski definition) is 6. The second-order valence-electron chi connectivity index (χ2n) is 3.48. The highest BCUT2D eigenvalue weighted by atomic mass is 16.6. The van der Waals surface area contributed by atoms with Gasteiger partial charge in [-0.05, 0) is 25.1 Å². The van der Waals surface area contributed by atoms with Gasteiger partial charge in [-0.15, -0.1) is 0 Å². The summed E-state index contributed by atoms with van der Waals surface area (Å²) in [5.41, 5.74) is 0.623. The molecule has 0 bridgehead atoms. The van der Waals surface area contributed by atoms with Crippen LogP contribution >= 0.6 is 0 Å². The minimum Gasteiger partial charge on any atom is -0.478 e. The van der Waals surface area contributed by atoms with Crippen molar-refractivity contribution >= 4 is 18.0 Å². The zero-order valence-corrected chi connectivity index (χ0v) is 10.1. The molecule has 0 saturated heterocycles. The number of nitro groups is 1. The standard InChI is InChI=1S/C12H11N3O4/c1-2-18-11-7-9(13-8-14-11)3-4-10-5-6-12(19-10)15(16)17/h3-8H,2H2,1H3/b4-3+. The zero-order valence-electron chi connectivity index (χ0n) is 10.1. The summed E-state index contributed by atoms with van der Waals surface area (Å²) in [6.07, 6.45) is 4.63. The first kappa shape index (κ1) is 12.7. The Balaban J connectivity index is 2.12. The smallest absolute Gasteiger partial charge is 0.433 e. The second kappa shape index (κ2) is 5.76. The molecule has 0 fully saturated rings. The molecule has 7 nitrogen and oxygen atoms in total. The van der Waals surface area contributed by atoms with Gasteiger partial charge in [0, 0.05) is 6.07 Å². The van der Waals surface area contributed by atoms with E-state index in [4.69, 9.17) is 9.15 Å². The number of aromatic nitrogens is 2. The van der Waals surface area contributed by atoms with Crippen molar-refractivity contribution in [2.24, 2.45) is 0 Å². The molecule has 98 valence electrons. The topological polar surface area (TPSA) is 91.3 Å². The molecule has 0 spiro atoms. The van der Waals surface area contributed by atoms with E-state index in [-0.39, 0.29) is 5.88 Å². The Morgan fingerprint density at radius 2 is 2.26 bits per heavy atom. The van der Waals surface area contributed by atoms with Gasteiger partial charge < -0.3 is 9.15 Å². The maximum Gasteiger partial charge on any atom is 0.433 e. The van der Waals surface area contributed by atoms with E-state index in [0.29, 0.717) is 23.9 Å². The van der Waals surface area contributed by atoms with E-state index >= 15 is 0 Å². The molecule has 2 aromatic heterocycles. The van der Waals surface area contributed by atoms with Gasteiger partial charge in [-0.25, -0.2) is 9.97 Å². The van der Waals surface area contributed by atoms with Gasteiger partial charge >= 0.3 is 5.88 Å². The summed E-state index contributed by atoms with van der Waals surface area (Å²) < 4.78 is 10.2. The van der Waals surface area contributed by atoms with Crippen molar-refractivity contribution in [2.45, 2.75) is 6.92 Å². The molecule has 0 aliphatic rings. The molecule has 19 heavy (non-hydrogen) atoms. The second-order valence-corrected chi connectivity index (χ2v) is 3.48. The highest BCUT2D eigenvalue weighted by Gasteiger charge is 2.09. The Labute approximate surface area is 108 Å². The fourth-order valence-corrected chi connectivity index (χ4v) is 1.37. The van der Waals surface area contributed by atoms with Gasteiger partial charge in [0.05, 0.1) is 18.4 Å². The van der Waals surface area contributed by atoms with Gasteiger partial charge in [0.2, 0.25) is 5.88 Å². The Hall–Kier alpha value is -2.70. The zero-order chi connectivity index (χ0) is 13.7. The fraction of sp³-hybridized carbons (Fsp3) is 0.167. The van der Waals surface area contributed by atoms with Crippen LogP contribution in [0.4, 0.5) is 5.88 Å². The average molecular weight is 261 g/mol. The molecule has 0 aromatic carbocycles. The molecular weight excluding hydrogens is 250 g/mol. The van der Waals surface area contributed by atoms with Crippen LogP contribution in [-0.2, 0) is 0 Å². The molecule has 7 heteroatoms. The molecule has 0 aliphatic heterocycles. The van der Waals surface area contributed by atoms with Crippen LogP contribution in [0.2, 0.25) is 0 Å². The van der Waals surface area contributed by atoms with Gasteiger partial charge in [-0.2, -0.15) is 0 Å². The molecule has 2 heterocycles. The normalized spacial score (nSPS) is 10.8. The third kappa shape index (κ3) is 3.38. The van der Waals surface area contributed by atoms with Crippen molar-refractivity contribution in [3.05, 3.63) is 46.1 Å². The predicted octanol–water partition coefficient (Wildman–Crippen LogP) is 2.55. The van der Waals surface area contributed by atoms with Gasteiger partial charge in [0.1, 0.15) is 17.0 Å². The van der Waals surface area contributed by atoms with Crippen molar-refractivity contribution in [2.75, 3.05) is 6.61 Å². The third-order valence-electron chi connectivity index (χ3n) is 2.17. The molecule has 0 unspecified atom stereocenters. The lowest BCUT2D eigenvalue weighted by molar-refractivity contribution is -0.402. The predicted molar refractivity (Wildman–Crippen MR) is 67.5 cm³/mol. The quantitative estimate of drug-likeness (QED) is 0.606. The molecule has 2 aromatic rings. The van der Waals surface area contributed by atoms with Crippen molar-refractivity contribution in [1.82, 2.24) is 9.97 Å². The number of nitrogens with zero attached hydrogens (tertiary/aromatic N) is 3. The minimum absolute atomic E-state index is 0.294. The maximum atomic E-state index is 10.5. The lowest BCUT2D eigenvalue weighted by atomic mass is 10.3. The van der Waals surface area contributed by atoms with Gasteiger partial charge in [0.15, 0.2) is 0 Å². The molecule has 0 aliphatic carbocycles. The average Bonchev–Trinajstić information content (AvgIpc) is 2.86. The molecule has 0 saturated carbocycles. The summed E-state index contributed by atoms with van der Waals surface area (Å²) in [7, 11) is 0. The van der Waals surface area contributed by atoms with Crippen LogP contribution in [0.5, 0.6) is 5.88 Å². The number of ether oxygens (including phenoxy) is 1. The van der Waals surface area contributed by atoms with Crippen molar-refractivity contribution in [3.8, 4) is 5.88 Å². The first-order chi connectivity index (χ1) is 9.19. The van der Waals surface area contributed by atoms with Crippen molar-refractivity contribution in [1.29, 1.82) is 0 Å². The van der Waals surface area contributed by atoms with Gasteiger partial charge in [-0.1, -0.05) is 0 Å². The highest BCUT2D eigenvalue weighted by molar-refractivity contribution is 5.66. The van der Waals surface area contributed by atoms with Crippen LogP contribution in [0, 0.1) is 10.1 Å². The fourth-order valence-electron chi connectivity index (χ4n) is 1.37. The first-order valence-corrected chi connectivity index (χ1v) is 5.56. The van der Waals surface area contributed by atoms with E-state index in [1.165, 1.54) is 18.5 Å². The monoisotopic (exact) mass is 261 g/mol. The Morgan fingerprint density at radius 3 is 2.95 bits per heavy atom. The van der Waals surface area contributed by atoms with E-state index < -0.39 is 4.92 Å². The van der Waals surface area contributed by atoms with Crippen molar-refractivity contribution in [3.63, 3.8) is 0 Å². The van der Waals surface area contributed by atoms with Crippen molar-refractivity contribution < 1.29 is 14.1 Å². The molecule has 2 rings (SSSR count). The lowest BCUT2D eigenvalue weighted by Crippen LogP contribution is -1.95. The molecule has 0 amide bonds. The summed E-state index contributed by atoms with van der Waals surface area (Å²) in [6, 6.07) is 4.47. The summed E-state index contributed by atoms with van der Waals surface area (Å²) in [4.78, 5) is 17.8. The Morgan fingerprint density at radius 1 is 1.42 bits per heavy atom. The van der Waals surface area contributed by atoms with Crippen LogP contribution in [0.3, 0.4) is 0 Å². The van der Waals surface area contributed by atoms with Crippen LogP contribution in [0.1, 0.15) is 18.4 Å². The SMILES string of the molecule is CCOc1cc(/C=C/c2ccc([N+](=O)[O-])o2)ncn1. The van der Waals surface area contributed by atoms with Crippen LogP contribution in [-0.4, -0.2) is 21.5 Å². The van der Waals surface area contributed by atoms with E-state index in [1.807, 2.05) is 6.92 Å². The molecule has 0 atom stereocenters. The third-order valence-corrected chi connectivity index (χ3v) is 2.17. The Kier molecular flexibility index (Phi) is 3.87. The summed E-state index contributed by atoms with van der Waals surface area (Å²) in [5, 5.41) is 10.5.